The molecule has 29 heavy (non-hydrogen) atoms. The predicted molar refractivity (Wildman–Crippen MR) is 124 cm³/mol. The maximum atomic E-state index is 9.91. The summed E-state index contributed by atoms with van der Waals surface area (Å²) in [6.07, 6.45) is 4.79. The molecule has 0 spiro atoms. The SMILES string of the molecule is CCCCSCSc1nc(-c2nccs2)cc(-c2ccc(CCO)cc2)c1C#N. The number of benzene rings is 1. The fourth-order valence-electron chi connectivity index (χ4n) is 2.80. The molecule has 0 aliphatic heterocycles. The largest absolute Gasteiger partial charge is 0.396 e. The van der Waals surface area contributed by atoms with Crippen LogP contribution in [0.5, 0.6) is 0 Å². The molecule has 0 fully saturated rings. The minimum atomic E-state index is 0.128. The van der Waals surface area contributed by atoms with Gasteiger partial charge in [-0.15, -0.1) is 11.3 Å². The summed E-state index contributed by atoms with van der Waals surface area (Å²) in [6, 6.07) is 12.4. The van der Waals surface area contributed by atoms with Crippen molar-refractivity contribution in [3.05, 3.63) is 53.0 Å². The van der Waals surface area contributed by atoms with E-state index in [0.717, 1.165) is 43.3 Å². The molecule has 3 aromatic rings. The van der Waals surface area contributed by atoms with Gasteiger partial charge in [-0.2, -0.15) is 17.0 Å². The molecular weight excluding hydrogens is 418 g/mol. The molecule has 0 atom stereocenters. The van der Waals surface area contributed by atoms with Crippen molar-refractivity contribution in [2.45, 2.75) is 31.2 Å². The molecule has 0 unspecified atom stereocenters. The number of aliphatic hydroxyl groups excluding tert-OH is 1. The van der Waals surface area contributed by atoms with Gasteiger partial charge >= 0.3 is 0 Å². The van der Waals surface area contributed by atoms with Crippen LogP contribution in [0, 0.1) is 11.3 Å². The molecule has 0 saturated carbocycles. The number of aromatic nitrogens is 2. The van der Waals surface area contributed by atoms with Gasteiger partial charge in [0.25, 0.3) is 0 Å². The summed E-state index contributed by atoms with van der Waals surface area (Å²) in [5, 5.41) is 23.5. The molecule has 0 bridgehead atoms. The van der Waals surface area contributed by atoms with Gasteiger partial charge in [0.2, 0.25) is 0 Å². The quantitative estimate of drug-likeness (QED) is 0.241. The van der Waals surface area contributed by atoms with Crippen molar-refractivity contribution in [1.82, 2.24) is 9.97 Å². The van der Waals surface area contributed by atoms with Crippen LogP contribution in [-0.4, -0.2) is 32.5 Å². The number of rotatable bonds is 10. The number of unbranched alkanes of at least 4 members (excludes halogenated alkanes) is 1. The van der Waals surface area contributed by atoms with E-state index in [1.54, 1.807) is 29.3 Å². The zero-order chi connectivity index (χ0) is 20.5. The average Bonchev–Trinajstić information content (AvgIpc) is 3.29. The predicted octanol–water partition coefficient (Wildman–Crippen LogP) is 5.86. The maximum Gasteiger partial charge on any atom is 0.141 e. The highest BCUT2D eigenvalue weighted by Gasteiger charge is 2.17. The number of thiazole rings is 1. The van der Waals surface area contributed by atoms with Gasteiger partial charge in [-0.3, -0.25) is 0 Å². The van der Waals surface area contributed by atoms with Gasteiger partial charge in [-0.25, -0.2) is 9.97 Å². The van der Waals surface area contributed by atoms with Crippen LogP contribution < -0.4 is 0 Å². The number of hydrogen-bond donors (Lipinski definition) is 1. The molecule has 3 rings (SSSR count). The second-order valence-corrected chi connectivity index (χ2v) is 9.71. The van der Waals surface area contributed by atoms with E-state index in [2.05, 4.69) is 18.0 Å². The summed E-state index contributed by atoms with van der Waals surface area (Å²) in [7, 11) is 0. The van der Waals surface area contributed by atoms with Gasteiger partial charge < -0.3 is 5.11 Å². The summed E-state index contributed by atoms with van der Waals surface area (Å²) in [5.74, 6) is 1.12. The van der Waals surface area contributed by atoms with Crippen LogP contribution in [0.4, 0.5) is 0 Å². The molecule has 2 aromatic heterocycles. The Morgan fingerprint density at radius 1 is 1.24 bits per heavy atom. The first kappa shape index (κ1) is 21.8. The Hall–Kier alpha value is -1.85. The van der Waals surface area contributed by atoms with E-state index in [-0.39, 0.29) is 6.61 Å². The molecule has 0 aliphatic rings. The van der Waals surface area contributed by atoms with Crippen molar-refractivity contribution < 1.29 is 5.11 Å². The number of nitrogens with zero attached hydrogens (tertiary/aromatic N) is 3. The van der Waals surface area contributed by atoms with E-state index in [1.165, 1.54) is 12.8 Å². The highest BCUT2D eigenvalue weighted by molar-refractivity contribution is 8.15. The summed E-state index contributed by atoms with van der Waals surface area (Å²) >= 11 is 5.06. The van der Waals surface area contributed by atoms with Crippen molar-refractivity contribution in [3.63, 3.8) is 0 Å². The van der Waals surface area contributed by atoms with Crippen LogP contribution in [-0.2, 0) is 6.42 Å². The normalized spacial score (nSPS) is 10.8. The lowest BCUT2D eigenvalue weighted by molar-refractivity contribution is 0.299. The van der Waals surface area contributed by atoms with Crippen LogP contribution in [0.15, 0.2) is 46.9 Å². The number of aliphatic hydroxyl groups is 1. The molecule has 0 saturated heterocycles. The molecule has 4 nitrogen and oxygen atoms in total. The Kier molecular flexibility index (Phi) is 8.56. The van der Waals surface area contributed by atoms with Gasteiger partial charge in [-0.05, 0) is 35.8 Å². The minimum absolute atomic E-state index is 0.128. The molecule has 0 amide bonds. The van der Waals surface area contributed by atoms with Gasteiger partial charge in [0.1, 0.15) is 21.8 Å². The lowest BCUT2D eigenvalue weighted by Gasteiger charge is -2.12. The van der Waals surface area contributed by atoms with Gasteiger partial charge in [0.15, 0.2) is 0 Å². The van der Waals surface area contributed by atoms with Crippen LogP contribution in [0.1, 0.15) is 30.9 Å². The van der Waals surface area contributed by atoms with Gasteiger partial charge in [0, 0.05) is 28.8 Å². The zero-order valence-electron chi connectivity index (χ0n) is 16.3. The maximum absolute atomic E-state index is 9.91. The van der Waals surface area contributed by atoms with Crippen molar-refractivity contribution >= 4 is 34.9 Å². The van der Waals surface area contributed by atoms with Crippen molar-refractivity contribution in [2.24, 2.45) is 0 Å². The standard InChI is InChI=1S/C22H23N3OS3/c1-2-3-11-27-15-29-21-19(14-23)18(13-20(25-21)22-24-9-12-28-22)17-6-4-16(5-7-17)8-10-26/h4-7,9,12-13,26H,2-3,8,10-11,15H2,1H3. The second-order valence-electron chi connectivity index (χ2n) is 6.38. The number of nitriles is 1. The minimum Gasteiger partial charge on any atom is -0.396 e. The van der Waals surface area contributed by atoms with Gasteiger partial charge in [-0.1, -0.05) is 49.4 Å². The highest BCUT2D eigenvalue weighted by atomic mass is 32.2. The Balaban J connectivity index is 1.97. The fraction of sp³-hybridized carbons (Fsp3) is 0.318. The molecule has 1 aromatic carbocycles. The number of hydrogen-bond acceptors (Lipinski definition) is 7. The molecular formula is C22H23N3OS3. The van der Waals surface area contributed by atoms with Crippen LogP contribution in [0.3, 0.4) is 0 Å². The van der Waals surface area contributed by atoms with E-state index in [4.69, 9.17) is 10.1 Å². The summed E-state index contributed by atoms with van der Waals surface area (Å²) < 4.78 is 0. The molecule has 150 valence electrons. The lowest BCUT2D eigenvalue weighted by Crippen LogP contribution is -1.96. The monoisotopic (exact) mass is 441 g/mol. The van der Waals surface area contributed by atoms with Gasteiger partial charge in [0.05, 0.1) is 5.56 Å². The topological polar surface area (TPSA) is 69.8 Å². The average molecular weight is 442 g/mol. The van der Waals surface area contributed by atoms with Crippen LogP contribution >= 0.6 is 34.9 Å². The smallest absolute Gasteiger partial charge is 0.141 e. The number of thioether (sulfide) groups is 2. The Labute approximate surface area is 184 Å². The second kappa shape index (κ2) is 11.4. The van der Waals surface area contributed by atoms with Crippen LogP contribution in [0.2, 0.25) is 0 Å². The lowest BCUT2D eigenvalue weighted by atomic mass is 9.99. The summed E-state index contributed by atoms with van der Waals surface area (Å²) in [6.45, 7) is 2.32. The summed E-state index contributed by atoms with van der Waals surface area (Å²) in [4.78, 5) is 9.19. The van der Waals surface area contributed by atoms with E-state index >= 15 is 0 Å². The third-order valence-corrected chi connectivity index (χ3v) is 7.42. The molecule has 0 aliphatic carbocycles. The van der Waals surface area contributed by atoms with E-state index in [1.807, 2.05) is 47.5 Å². The number of pyridine rings is 1. The Morgan fingerprint density at radius 3 is 2.72 bits per heavy atom. The van der Waals surface area contributed by atoms with Crippen molar-refractivity contribution in [3.8, 4) is 27.9 Å². The molecule has 1 N–H and O–H groups in total. The Morgan fingerprint density at radius 2 is 2.07 bits per heavy atom. The van der Waals surface area contributed by atoms with E-state index in [9.17, 15) is 5.26 Å². The molecule has 7 heteroatoms. The van der Waals surface area contributed by atoms with Crippen molar-refractivity contribution in [2.75, 3.05) is 17.4 Å². The molecule has 0 radical (unpaired) electrons. The first-order valence-corrected chi connectivity index (χ1v) is 12.5. The fourth-order valence-corrected chi connectivity index (χ4v) is 5.61. The third kappa shape index (κ3) is 5.83. The van der Waals surface area contributed by atoms with Crippen molar-refractivity contribution in [1.29, 1.82) is 5.26 Å². The summed E-state index contributed by atoms with van der Waals surface area (Å²) in [5.41, 5.74) is 4.34. The highest BCUT2D eigenvalue weighted by Crippen LogP contribution is 2.35. The van der Waals surface area contributed by atoms with Crippen LogP contribution in [0.25, 0.3) is 21.8 Å². The first-order chi connectivity index (χ1) is 14.3. The third-order valence-electron chi connectivity index (χ3n) is 4.34. The zero-order valence-corrected chi connectivity index (χ0v) is 18.7. The first-order valence-electron chi connectivity index (χ1n) is 9.52. The van der Waals surface area contributed by atoms with E-state index < -0.39 is 0 Å². The molecule has 2 heterocycles. The Bertz CT molecular complexity index is 951. The van der Waals surface area contributed by atoms with E-state index in [0.29, 0.717) is 12.0 Å².